The number of halogens is 1. The van der Waals surface area contributed by atoms with Crippen LogP contribution < -0.4 is 20.1 Å². The summed E-state index contributed by atoms with van der Waals surface area (Å²) in [6, 6.07) is 13.8. The Morgan fingerprint density at radius 3 is 2.68 bits per heavy atom. The van der Waals surface area contributed by atoms with E-state index in [0.717, 1.165) is 31.2 Å². The number of hydrogen-bond donors (Lipinski definition) is 3. The van der Waals surface area contributed by atoms with Gasteiger partial charge in [-0.05, 0) is 25.0 Å². The van der Waals surface area contributed by atoms with Crippen molar-refractivity contribution < 1.29 is 28.6 Å². The van der Waals surface area contributed by atoms with Crippen LogP contribution in [0.2, 0.25) is 0 Å². The van der Waals surface area contributed by atoms with Crippen molar-refractivity contribution in [1.82, 2.24) is 25.1 Å². The molecular weight excluding hydrogens is 529 g/mol. The van der Waals surface area contributed by atoms with Crippen molar-refractivity contribution in [1.29, 1.82) is 0 Å². The number of piperazine rings is 1. The van der Waals surface area contributed by atoms with Gasteiger partial charge in [0.15, 0.2) is 17.2 Å². The van der Waals surface area contributed by atoms with Gasteiger partial charge in [-0.15, -0.1) is 0 Å². The summed E-state index contributed by atoms with van der Waals surface area (Å²) in [5.41, 5.74) is 1.87. The normalized spacial score (nSPS) is 20.8. The average molecular weight is 566 g/mol. The van der Waals surface area contributed by atoms with Gasteiger partial charge in [0, 0.05) is 37.7 Å². The minimum absolute atomic E-state index is 0.105. The smallest absolute Gasteiger partial charge is 0.404 e. The Bertz CT molecular complexity index is 1350. The summed E-state index contributed by atoms with van der Waals surface area (Å²) in [5.74, 6) is -0.532. The Morgan fingerprint density at radius 2 is 1.90 bits per heavy atom. The topological polar surface area (TPSA) is 118 Å². The number of carboxylic acid groups (broad SMARTS) is 1. The average Bonchev–Trinajstić information content (AvgIpc) is 3.43. The first kappa shape index (κ1) is 28.4. The van der Waals surface area contributed by atoms with Crippen LogP contribution in [0.5, 0.6) is 11.5 Å². The minimum atomic E-state index is -1.06. The number of ether oxygens (including phenoxy) is 2. The summed E-state index contributed by atoms with van der Waals surface area (Å²) in [6.07, 6.45) is 4.51. The van der Waals surface area contributed by atoms with Crippen molar-refractivity contribution in [3.05, 3.63) is 66.4 Å². The van der Waals surface area contributed by atoms with Gasteiger partial charge in [0.2, 0.25) is 5.82 Å². The van der Waals surface area contributed by atoms with Crippen LogP contribution in [0.1, 0.15) is 48.6 Å². The molecule has 2 heterocycles. The lowest BCUT2D eigenvalue weighted by Gasteiger charge is -2.36. The largest absolute Gasteiger partial charge is 0.494 e. The second-order valence-electron chi connectivity index (χ2n) is 10.4. The Kier molecular flexibility index (Phi) is 9.03. The molecule has 1 saturated heterocycles. The van der Waals surface area contributed by atoms with E-state index in [0.29, 0.717) is 37.4 Å². The monoisotopic (exact) mass is 565 g/mol. The number of nitrogens with zero attached hydrogens (tertiary/aromatic N) is 3. The van der Waals surface area contributed by atoms with Crippen molar-refractivity contribution in [2.45, 2.75) is 50.2 Å². The standard InChI is InChI=1S/C30H36FN5O5/c1-40-24-12-7-13-25(26(24)31)41-17-14-21-18-32-15-16-35(21)29(37)27-28(20-8-3-2-4-9-20)36(19-33-27)23-11-6-5-10-22(23)34-30(38)39/h2-4,7-9,12-13,19,21-23,32,34H,5-6,10-11,14-18H2,1H3,(H,38,39)/t21-,22+,23+/m1/s1. The summed E-state index contributed by atoms with van der Waals surface area (Å²) in [4.78, 5) is 32.1. The van der Waals surface area contributed by atoms with Gasteiger partial charge in [-0.2, -0.15) is 4.39 Å². The number of imidazole rings is 1. The van der Waals surface area contributed by atoms with Gasteiger partial charge in [-0.1, -0.05) is 49.2 Å². The second kappa shape index (κ2) is 13.0. The molecule has 218 valence electrons. The highest BCUT2D eigenvalue weighted by Crippen LogP contribution is 2.35. The first-order valence-corrected chi connectivity index (χ1v) is 14.1. The van der Waals surface area contributed by atoms with Crippen LogP contribution in [0, 0.1) is 5.82 Å². The van der Waals surface area contributed by atoms with E-state index in [2.05, 4.69) is 15.6 Å². The third-order valence-corrected chi connectivity index (χ3v) is 7.91. The maximum atomic E-state index is 14.5. The molecule has 2 amide bonds. The van der Waals surface area contributed by atoms with Gasteiger partial charge in [0.25, 0.3) is 5.91 Å². The van der Waals surface area contributed by atoms with E-state index < -0.39 is 11.9 Å². The Hall–Kier alpha value is -4.12. The molecule has 3 atom stereocenters. The van der Waals surface area contributed by atoms with Gasteiger partial charge in [0.05, 0.1) is 37.8 Å². The molecular formula is C30H36FN5O5. The van der Waals surface area contributed by atoms with E-state index in [9.17, 15) is 19.1 Å². The van der Waals surface area contributed by atoms with E-state index in [1.54, 1.807) is 18.5 Å². The Morgan fingerprint density at radius 1 is 1.12 bits per heavy atom. The number of nitrogens with one attached hydrogen (secondary N) is 2. The number of benzene rings is 2. The first-order valence-electron chi connectivity index (χ1n) is 14.1. The third-order valence-electron chi connectivity index (χ3n) is 7.91. The molecule has 1 saturated carbocycles. The molecule has 0 radical (unpaired) electrons. The van der Waals surface area contributed by atoms with Crippen molar-refractivity contribution >= 4 is 12.0 Å². The highest BCUT2D eigenvalue weighted by Gasteiger charge is 2.35. The Labute approximate surface area is 238 Å². The van der Waals surface area contributed by atoms with Gasteiger partial charge >= 0.3 is 6.09 Å². The zero-order valence-electron chi connectivity index (χ0n) is 23.1. The lowest BCUT2D eigenvalue weighted by molar-refractivity contribution is 0.0600. The fourth-order valence-corrected chi connectivity index (χ4v) is 5.91. The lowest BCUT2D eigenvalue weighted by Crippen LogP contribution is -2.54. The second-order valence-corrected chi connectivity index (χ2v) is 10.4. The van der Waals surface area contributed by atoms with Crippen molar-refractivity contribution in [3.8, 4) is 22.8 Å². The van der Waals surface area contributed by atoms with Crippen LogP contribution in [0.3, 0.4) is 0 Å². The molecule has 11 heteroatoms. The number of hydrogen-bond acceptors (Lipinski definition) is 6. The fraction of sp³-hybridized carbons (Fsp3) is 0.433. The van der Waals surface area contributed by atoms with E-state index in [1.807, 2.05) is 39.8 Å². The number of amides is 2. The molecule has 0 bridgehead atoms. The van der Waals surface area contributed by atoms with E-state index in [1.165, 1.54) is 13.2 Å². The van der Waals surface area contributed by atoms with Crippen molar-refractivity contribution in [2.24, 2.45) is 0 Å². The predicted molar refractivity (Wildman–Crippen MR) is 151 cm³/mol. The summed E-state index contributed by atoms with van der Waals surface area (Å²) in [6.45, 7) is 1.92. The summed E-state index contributed by atoms with van der Waals surface area (Å²) < 4.78 is 27.3. The van der Waals surface area contributed by atoms with E-state index >= 15 is 0 Å². The van der Waals surface area contributed by atoms with Crippen LogP contribution in [-0.4, -0.2) is 77.0 Å². The molecule has 3 aromatic rings. The van der Waals surface area contributed by atoms with Crippen LogP contribution in [0.15, 0.2) is 54.9 Å². The minimum Gasteiger partial charge on any atom is -0.494 e. The molecule has 2 aromatic carbocycles. The number of aromatic nitrogens is 2. The van der Waals surface area contributed by atoms with E-state index in [-0.39, 0.29) is 42.1 Å². The zero-order valence-corrected chi connectivity index (χ0v) is 23.1. The van der Waals surface area contributed by atoms with Gasteiger partial charge in [-0.25, -0.2) is 9.78 Å². The number of carbonyl (C=O) groups excluding carboxylic acids is 1. The summed E-state index contributed by atoms with van der Waals surface area (Å²) in [7, 11) is 1.40. The molecule has 0 unspecified atom stereocenters. The lowest BCUT2D eigenvalue weighted by atomic mass is 9.89. The van der Waals surface area contributed by atoms with E-state index in [4.69, 9.17) is 9.47 Å². The SMILES string of the molecule is COc1cccc(OCC[C@@H]2CNCCN2C(=O)c2ncn([C@H]3CCCC[C@@H]3NC(=O)O)c2-c2ccccc2)c1F. The molecule has 2 aliphatic rings. The first-order chi connectivity index (χ1) is 20.0. The number of methoxy groups -OCH3 is 1. The van der Waals surface area contributed by atoms with Gasteiger partial charge in [-0.3, -0.25) is 4.79 Å². The summed E-state index contributed by atoms with van der Waals surface area (Å²) >= 11 is 0. The Balaban J connectivity index is 1.40. The quantitative estimate of drug-likeness (QED) is 0.354. The van der Waals surface area contributed by atoms with Crippen LogP contribution in [0.25, 0.3) is 11.3 Å². The summed E-state index contributed by atoms with van der Waals surface area (Å²) in [5, 5.41) is 15.5. The van der Waals surface area contributed by atoms with Crippen molar-refractivity contribution in [3.63, 3.8) is 0 Å². The molecule has 1 aliphatic heterocycles. The molecule has 41 heavy (non-hydrogen) atoms. The maximum absolute atomic E-state index is 14.5. The molecule has 0 spiro atoms. The zero-order chi connectivity index (χ0) is 28.8. The number of carbonyl (C=O) groups is 2. The molecule has 2 fully saturated rings. The molecule has 1 aromatic heterocycles. The van der Waals surface area contributed by atoms with Crippen LogP contribution in [0.4, 0.5) is 9.18 Å². The fourth-order valence-electron chi connectivity index (χ4n) is 5.91. The molecule has 1 aliphatic carbocycles. The highest BCUT2D eigenvalue weighted by molar-refractivity contribution is 5.98. The van der Waals surface area contributed by atoms with Crippen LogP contribution >= 0.6 is 0 Å². The number of rotatable bonds is 9. The van der Waals surface area contributed by atoms with Gasteiger partial charge in [0.1, 0.15) is 0 Å². The highest BCUT2D eigenvalue weighted by atomic mass is 19.1. The molecule has 3 N–H and O–H groups in total. The molecule has 5 rings (SSSR count). The van der Waals surface area contributed by atoms with Crippen LogP contribution in [-0.2, 0) is 0 Å². The van der Waals surface area contributed by atoms with Crippen molar-refractivity contribution in [2.75, 3.05) is 33.4 Å². The molecule has 10 nitrogen and oxygen atoms in total. The third kappa shape index (κ3) is 6.30. The predicted octanol–water partition coefficient (Wildman–Crippen LogP) is 4.33. The maximum Gasteiger partial charge on any atom is 0.404 e. The van der Waals surface area contributed by atoms with Gasteiger partial charge < -0.3 is 34.7 Å².